The Kier molecular flexibility index (Phi) is 6.73. The van der Waals surface area contributed by atoms with Crippen molar-refractivity contribution in [1.29, 1.82) is 0 Å². The minimum Gasteiger partial charge on any atom is -0.445 e. The predicted octanol–water partition coefficient (Wildman–Crippen LogP) is 4.56. The van der Waals surface area contributed by atoms with E-state index in [0.717, 1.165) is 12.0 Å². The SMILES string of the molecule is C=CCCN(C(=O)OCc1ccccc1)C(C)(C)CC=C. The number of rotatable bonds is 8. The minimum absolute atomic E-state index is 0.286. The van der Waals surface area contributed by atoms with Crippen LogP contribution in [0.1, 0.15) is 32.3 Å². The molecule has 0 N–H and O–H groups in total. The molecule has 0 saturated heterocycles. The van der Waals surface area contributed by atoms with Gasteiger partial charge in [-0.1, -0.05) is 42.5 Å². The van der Waals surface area contributed by atoms with Gasteiger partial charge in [0.15, 0.2) is 0 Å². The summed E-state index contributed by atoms with van der Waals surface area (Å²) in [5.74, 6) is 0. The number of carbonyl (C=O) groups is 1. The highest BCUT2D eigenvalue weighted by Gasteiger charge is 2.30. The summed E-state index contributed by atoms with van der Waals surface area (Å²) in [7, 11) is 0. The van der Waals surface area contributed by atoms with Gasteiger partial charge in [-0.15, -0.1) is 13.2 Å². The van der Waals surface area contributed by atoms with Crippen LogP contribution in [0.4, 0.5) is 4.79 Å². The van der Waals surface area contributed by atoms with Gasteiger partial charge in [-0.25, -0.2) is 4.79 Å². The molecule has 0 saturated carbocycles. The fourth-order valence-corrected chi connectivity index (χ4v) is 2.12. The zero-order valence-corrected chi connectivity index (χ0v) is 13.0. The van der Waals surface area contributed by atoms with Crippen molar-refractivity contribution >= 4 is 6.09 Å². The van der Waals surface area contributed by atoms with Gasteiger partial charge in [0.1, 0.15) is 6.61 Å². The molecule has 3 nitrogen and oxygen atoms in total. The van der Waals surface area contributed by atoms with E-state index in [2.05, 4.69) is 13.2 Å². The highest BCUT2D eigenvalue weighted by molar-refractivity contribution is 5.68. The predicted molar refractivity (Wildman–Crippen MR) is 87.0 cm³/mol. The molecule has 3 heteroatoms. The Hall–Kier alpha value is -2.03. The van der Waals surface area contributed by atoms with Gasteiger partial charge in [0.05, 0.1) is 0 Å². The maximum Gasteiger partial charge on any atom is 0.410 e. The van der Waals surface area contributed by atoms with Gasteiger partial charge in [-0.2, -0.15) is 0 Å². The molecule has 0 atom stereocenters. The van der Waals surface area contributed by atoms with Gasteiger partial charge in [0, 0.05) is 12.1 Å². The molecule has 1 aromatic carbocycles. The van der Waals surface area contributed by atoms with Crippen molar-refractivity contribution < 1.29 is 9.53 Å². The number of nitrogens with zero attached hydrogens (tertiary/aromatic N) is 1. The van der Waals surface area contributed by atoms with Crippen molar-refractivity contribution in [2.24, 2.45) is 0 Å². The summed E-state index contributed by atoms with van der Waals surface area (Å²) >= 11 is 0. The lowest BCUT2D eigenvalue weighted by molar-refractivity contribution is 0.0587. The third-order valence-electron chi connectivity index (χ3n) is 3.36. The van der Waals surface area contributed by atoms with Crippen LogP contribution in [0.15, 0.2) is 55.6 Å². The van der Waals surface area contributed by atoms with Gasteiger partial charge in [-0.05, 0) is 32.3 Å². The van der Waals surface area contributed by atoms with Crippen LogP contribution in [0.3, 0.4) is 0 Å². The molecule has 114 valence electrons. The van der Waals surface area contributed by atoms with Gasteiger partial charge in [-0.3, -0.25) is 0 Å². The van der Waals surface area contributed by atoms with Crippen molar-refractivity contribution in [2.45, 2.75) is 38.8 Å². The first-order chi connectivity index (χ1) is 10.0. The molecule has 0 heterocycles. The van der Waals surface area contributed by atoms with E-state index in [0.29, 0.717) is 13.0 Å². The molecule has 0 fully saturated rings. The van der Waals surface area contributed by atoms with Gasteiger partial charge in [0.2, 0.25) is 0 Å². The van der Waals surface area contributed by atoms with Crippen LogP contribution in [-0.2, 0) is 11.3 Å². The van der Waals surface area contributed by atoms with E-state index >= 15 is 0 Å². The maximum absolute atomic E-state index is 12.4. The van der Waals surface area contributed by atoms with E-state index in [1.54, 1.807) is 4.90 Å². The van der Waals surface area contributed by atoms with Crippen LogP contribution >= 0.6 is 0 Å². The lowest BCUT2D eigenvalue weighted by Crippen LogP contribution is -2.48. The third-order valence-corrected chi connectivity index (χ3v) is 3.36. The van der Waals surface area contributed by atoms with Crippen LogP contribution in [0.2, 0.25) is 0 Å². The summed E-state index contributed by atoms with van der Waals surface area (Å²) in [4.78, 5) is 14.1. The van der Waals surface area contributed by atoms with Crippen molar-refractivity contribution in [1.82, 2.24) is 4.90 Å². The fourth-order valence-electron chi connectivity index (χ4n) is 2.12. The summed E-state index contributed by atoms with van der Waals surface area (Å²) in [6, 6.07) is 9.68. The Morgan fingerprint density at radius 3 is 2.48 bits per heavy atom. The molecule has 0 aliphatic rings. The minimum atomic E-state index is -0.321. The largest absolute Gasteiger partial charge is 0.445 e. The van der Waals surface area contributed by atoms with Gasteiger partial charge < -0.3 is 9.64 Å². The van der Waals surface area contributed by atoms with Crippen molar-refractivity contribution in [3.8, 4) is 0 Å². The van der Waals surface area contributed by atoms with Crippen LogP contribution in [0, 0.1) is 0 Å². The zero-order chi connectivity index (χ0) is 15.7. The summed E-state index contributed by atoms with van der Waals surface area (Å²) in [5.41, 5.74) is 0.662. The van der Waals surface area contributed by atoms with Crippen LogP contribution in [0.25, 0.3) is 0 Å². The van der Waals surface area contributed by atoms with E-state index in [-0.39, 0.29) is 18.2 Å². The van der Waals surface area contributed by atoms with Crippen LogP contribution < -0.4 is 0 Å². The summed E-state index contributed by atoms with van der Waals surface area (Å²) in [6.45, 7) is 12.4. The second-order valence-electron chi connectivity index (χ2n) is 5.57. The second-order valence-corrected chi connectivity index (χ2v) is 5.57. The normalized spacial score (nSPS) is 10.8. The topological polar surface area (TPSA) is 29.5 Å². The quantitative estimate of drug-likeness (QED) is 0.656. The molecule has 21 heavy (non-hydrogen) atoms. The van der Waals surface area contributed by atoms with E-state index in [1.807, 2.05) is 56.3 Å². The zero-order valence-electron chi connectivity index (χ0n) is 13.0. The molecule has 0 spiro atoms. The molecular formula is C18H25NO2. The molecule has 0 radical (unpaired) electrons. The van der Waals surface area contributed by atoms with E-state index in [4.69, 9.17) is 4.74 Å². The summed E-state index contributed by atoms with van der Waals surface area (Å²) < 4.78 is 5.44. The number of hydrogen-bond acceptors (Lipinski definition) is 2. The monoisotopic (exact) mass is 287 g/mol. The molecule has 0 bridgehead atoms. The molecule has 0 unspecified atom stereocenters. The average Bonchev–Trinajstić information content (AvgIpc) is 2.46. The number of amides is 1. The summed E-state index contributed by atoms with van der Waals surface area (Å²) in [5, 5.41) is 0. The van der Waals surface area contributed by atoms with Gasteiger partial charge in [0.25, 0.3) is 0 Å². The Bertz CT molecular complexity index is 465. The standard InChI is InChI=1S/C18H25NO2/c1-5-7-14-19(18(3,4)13-6-2)17(20)21-15-16-11-9-8-10-12-16/h5-6,8-12H,1-2,7,13-15H2,3-4H3. The number of carbonyl (C=O) groups excluding carboxylic acids is 1. The first-order valence-electron chi connectivity index (χ1n) is 7.21. The number of benzene rings is 1. The molecule has 0 aliphatic heterocycles. The van der Waals surface area contributed by atoms with Gasteiger partial charge >= 0.3 is 6.09 Å². The second kappa shape index (κ2) is 8.30. The maximum atomic E-state index is 12.4. The Morgan fingerprint density at radius 2 is 1.90 bits per heavy atom. The first kappa shape index (κ1) is 17.0. The molecule has 0 aromatic heterocycles. The lowest BCUT2D eigenvalue weighted by Gasteiger charge is -2.37. The lowest BCUT2D eigenvalue weighted by atomic mass is 9.98. The smallest absolute Gasteiger partial charge is 0.410 e. The third kappa shape index (κ3) is 5.46. The Labute approximate surface area is 127 Å². The van der Waals surface area contributed by atoms with Crippen molar-refractivity contribution in [3.05, 3.63) is 61.2 Å². The highest BCUT2D eigenvalue weighted by Crippen LogP contribution is 2.21. The van der Waals surface area contributed by atoms with Crippen molar-refractivity contribution in [3.63, 3.8) is 0 Å². The number of ether oxygens (including phenoxy) is 1. The van der Waals surface area contributed by atoms with E-state index in [1.165, 1.54) is 0 Å². The molecule has 0 aliphatic carbocycles. The van der Waals surface area contributed by atoms with E-state index < -0.39 is 0 Å². The molecular weight excluding hydrogens is 262 g/mol. The van der Waals surface area contributed by atoms with Crippen molar-refractivity contribution in [2.75, 3.05) is 6.54 Å². The van der Waals surface area contributed by atoms with E-state index in [9.17, 15) is 4.79 Å². The fraction of sp³-hybridized carbons (Fsp3) is 0.389. The molecule has 1 amide bonds. The number of hydrogen-bond donors (Lipinski definition) is 0. The summed E-state index contributed by atoms with van der Waals surface area (Å²) in [6.07, 6.45) is 4.78. The highest BCUT2D eigenvalue weighted by atomic mass is 16.6. The average molecular weight is 287 g/mol. The first-order valence-corrected chi connectivity index (χ1v) is 7.21. The van der Waals surface area contributed by atoms with Crippen LogP contribution in [-0.4, -0.2) is 23.1 Å². The molecule has 1 aromatic rings. The van der Waals surface area contributed by atoms with Crippen LogP contribution in [0.5, 0.6) is 0 Å². The Morgan fingerprint density at radius 1 is 1.24 bits per heavy atom. The molecule has 1 rings (SSSR count). The Balaban J connectivity index is 2.70.